The van der Waals surface area contributed by atoms with Crippen molar-refractivity contribution in [1.29, 1.82) is 0 Å². The van der Waals surface area contributed by atoms with Crippen molar-refractivity contribution in [2.24, 2.45) is 0 Å². The van der Waals surface area contributed by atoms with E-state index in [4.69, 9.17) is 4.74 Å². The number of hydrogen-bond acceptors (Lipinski definition) is 5. The summed E-state index contributed by atoms with van der Waals surface area (Å²) in [4.78, 5) is 0. The quantitative estimate of drug-likeness (QED) is 0.870. The molecule has 5 heteroatoms. The van der Waals surface area contributed by atoms with Crippen LogP contribution in [0.15, 0.2) is 0 Å². The SMILES string of the molecule is C1CCC(Cc2nnc(CNC3CC3)s2)OC1. The van der Waals surface area contributed by atoms with Gasteiger partial charge in [-0.3, -0.25) is 0 Å². The fourth-order valence-electron chi connectivity index (χ4n) is 2.12. The summed E-state index contributed by atoms with van der Waals surface area (Å²) in [5, 5.41) is 14.2. The number of hydrogen-bond donors (Lipinski definition) is 1. The van der Waals surface area contributed by atoms with Gasteiger partial charge in [-0.05, 0) is 32.1 Å². The number of nitrogens with zero attached hydrogens (tertiary/aromatic N) is 2. The maximum atomic E-state index is 5.72. The van der Waals surface area contributed by atoms with E-state index in [0.29, 0.717) is 6.10 Å². The molecule has 3 rings (SSSR count). The monoisotopic (exact) mass is 253 g/mol. The highest BCUT2D eigenvalue weighted by atomic mass is 32.1. The zero-order valence-corrected chi connectivity index (χ0v) is 10.8. The Morgan fingerprint density at radius 2 is 2.06 bits per heavy atom. The van der Waals surface area contributed by atoms with Crippen molar-refractivity contribution < 1.29 is 4.74 Å². The van der Waals surface area contributed by atoms with E-state index < -0.39 is 0 Å². The highest BCUT2D eigenvalue weighted by Crippen LogP contribution is 2.21. The summed E-state index contributed by atoms with van der Waals surface area (Å²) in [7, 11) is 0. The summed E-state index contributed by atoms with van der Waals surface area (Å²) < 4.78 is 5.72. The van der Waals surface area contributed by atoms with Crippen molar-refractivity contribution in [3.63, 3.8) is 0 Å². The summed E-state index contributed by atoms with van der Waals surface area (Å²) in [5.74, 6) is 0. The molecular weight excluding hydrogens is 234 g/mol. The van der Waals surface area contributed by atoms with Gasteiger partial charge in [-0.25, -0.2) is 0 Å². The molecule has 4 nitrogen and oxygen atoms in total. The first kappa shape index (κ1) is 11.6. The third-order valence-electron chi connectivity index (χ3n) is 3.30. The summed E-state index contributed by atoms with van der Waals surface area (Å²) in [6.07, 6.45) is 7.64. The predicted molar refractivity (Wildman–Crippen MR) is 67.1 cm³/mol. The number of nitrogens with one attached hydrogen (secondary N) is 1. The molecule has 1 aromatic rings. The Labute approximate surface area is 106 Å². The average molecular weight is 253 g/mol. The number of rotatable bonds is 5. The standard InChI is InChI=1S/C12H19N3OS/c1-2-6-16-10(3-1)7-11-14-15-12(17-11)8-13-9-4-5-9/h9-10,13H,1-8H2. The van der Waals surface area contributed by atoms with Crippen molar-refractivity contribution in [2.45, 2.75) is 57.2 Å². The van der Waals surface area contributed by atoms with E-state index in [0.717, 1.165) is 35.6 Å². The lowest BCUT2D eigenvalue weighted by Crippen LogP contribution is -2.21. The molecule has 1 atom stereocenters. The van der Waals surface area contributed by atoms with Crippen LogP contribution in [0.25, 0.3) is 0 Å². The van der Waals surface area contributed by atoms with Gasteiger partial charge in [0, 0.05) is 25.6 Å². The van der Waals surface area contributed by atoms with E-state index in [1.165, 1.54) is 32.1 Å². The molecule has 1 unspecified atom stereocenters. The van der Waals surface area contributed by atoms with E-state index in [2.05, 4.69) is 15.5 Å². The van der Waals surface area contributed by atoms with Gasteiger partial charge in [-0.1, -0.05) is 0 Å². The first-order chi connectivity index (χ1) is 8.40. The molecule has 2 fully saturated rings. The molecule has 1 saturated carbocycles. The maximum absolute atomic E-state index is 5.72. The van der Waals surface area contributed by atoms with Crippen molar-refractivity contribution >= 4 is 11.3 Å². The van der Waals surface area contributed by atoms with Crippen LogP contribution in [0, 0.1) is 0 Å². The van der Waals surface area contributed by atoms with Crippen LogP contribution in [0.2, 0.25) is 0 Å². The zero-order chi connectivity index (χ0) is 11.5. The van der Waals surface area contributed by atoms with E-state index >= 15 is 0 Å². The molecule has 1 aliphatic carbocycles. The first-order valence-corrected chi connectivity index (χ1v) is 7.38. The van der Waals surface area contributed by atoms with Crippen LogP contribution < -0.4 is 5.32 Å². The van der Waals surface area contributed by atoms with Crippen LogP contribution in [0.5, 0.6) is 0 Å². The Morgan fingerprint density at radius 3 is 2.82 bits per heavy atom. The minimum absolute atomic E-state index is 0.376. The summed E-state index contributed by atoms with van der Waals surface area (Å²) in [5.41, 5.74) is 0. The van der Waals surface area contributed by atoms with Gasteiger partial charge in [0.25, 0.3) is 0 Å². The molecule has 0 aromatic carbocycles. The normalized spacial score (nSPS) is 25.1. The fraction of sp³-hybridized carbons (Fsp3) is 0.833. The first-order valence-electron chi connectivity index (χ1n) is 6.56. The minimum atomic E-state index is 0.376. The highest BCUT2D eigenvalue weighted by molar-refractivity contribution is 7.11. The van der Waals surface area contributed by atoms with Gasteiger partial charge in [-0.15, -0.1) is 21.5 Å². The molecule has 1 saturated heterocycles. The third kappa shape index (κ3) is 3.47. The summed E-state index contributed by atoms with van der Waals surface area (Å²) in [6.45, 7) is 1.80. The van der Waals surface area contributed by atoms with Crippen molar-refractivity contribution in [3.05, 3.63) is 10.0 Å². The molecule has 0 radical (unpaired) electrons. The molecular formula is C12H19N3OS. The van der Waals surface area contributed by atoms with Crippen LogP contribution in [-0.4, -0.2) is 29.0 Å². The molecule has 1 aliphatic heterocycles. The lowest BCUT2D eigenvalue weighted by atomic mass is 10.1. The zero-order valence-electron chi connectivity index (χ0n) is 10.0. The highest BCUT2D eigenvalue weighted by Gasteiger charge is 2.21. The largest absolute Gasteiger partial charge is 0.378 e. The van der Waals surface area contributed by atoms with E-state index in [-0.39, 0.29) is 0 Å². The van der Waals surface area contributed by atoms with Gasteiger partial charge in [-0.2, -0.15) is 0 Å². The van der Waals surface area contributed by atoms with Crippen molar-refractivity contribution in [2.75, 3.05) is 6.61 Å². The van der Waals surface area contributed by atoms with E-state index in [9.17, 15) is 0 Å². The molecule has 94 valence electrons. The molecule has 1 N–H and O–H groups in total. The minimum Gasteiger partial charge on any atom is -0.378 e. The van der Waals surface area contributed by atoms with E-state index in [1.54, 1.807) is 11.3 Å². The predicted octanol–water partition coefficient (Wildman–Crippen LogP) is 1.90. The second kappa shape index (κ2) is 5.42. The van der Waals surface area contributed by atoms with Gasteiger partial charge in [0.05, 0.1) is 6.10 Å². The summed E-state index contributed by atoms with van der Waals surface area (Å²) >= 11 is 1.73. The van der Waals surface area contributed by atoms with Gasteiger partial charge in [0.1, 0.15) is 10.0 Å². The number of ether oxygens (including phenoxy) is 1. The van der Waals surface area contributed by atoms with Crippen molar-refractivity contribution in [1.82, 2.24) is 15.5 Å². The van der Waals surface area contributed by atoms with E-state index in [1.807, 2.05) is 0 Å². The molecule has 1 aromatic heterocycles. The summed E-state index contributed by atoms with van der Waals surface area (Å²) in [6, 6.07) is 0.740. The fourth-order valence-corrected chi connectivity index (χ4v) is 2.98. The molecule has 2 aliphatic rings. The Morgan fingerprint density at radius 1 is 1.18 bits per heavy atom. The van der Waals surface area contributed by atoms with Crippen LogP contribution in [0.4, 0.5) is 0 Å². The van der Waals surface area contributed by atoms with Crippen LogP contribution >= 0.6 is 11.3 Å². The Hall–Kier alpha value is -0.520. The molecule has 0 bridgehead atoms. The molecule has 2 heterocycles. The van der Waals surface area contributed by atoms with Crippen LogP contribution in [0.3, 0.4) is 0 Å². The van der Waals surface area contributed by atoms with Gasteiger partial charge < -0.3 is 10.1 Å². The van der Waals surface area contributed by atoms with Gasteiger partial charge in [0.15, 0.2) is 0 Å². The topological polar surface area (TPSA) is 47.0 Å². The van der Waals surface area contributed by atoms with Crippen molar-refractivity contribution in [3.8, 4) is 0 Å². The Kier molecular flexibility index (Phi) is 3.68. The van der Waals surface area contributed by atoms with Crippen LogP contribution in [-0.2, 0) is 17.7 Å². The molecule has 17 heavy (non-hydrogen) atoms. The smallest absolute Gasteiger partial charge is 0.131 e. The van der Waals surface area contributed by atoms with Gasteiger partial charge in [0.2, 0.25) is 0 Å². The molecule has 0 amide bonds. The second-order valence-corrected chi connectivity index (χ2v) is 6.08. The third-order valence-corrected chi connectivity index (χ3v) is 4.25. The Balaban J connectivity index is 1.48. The van der Waals surface area contributed by atoms with Crippen LogP contribution in [0.1, 0.15) is 42.1 Å². The average Bonchev–Trinajstić information content (AvgIpc) is 3.09. The Bertz CT molecular complexity index is 358. The second-order valence-electron chi connectivity index (χ2n) is 4.94. The maximum Gasteiger partial charge on any atom is 0.131 e. The lowest BCUT2D eigenvalue weighted by molar-refractivity contribution is 0.0167. The number of aromatic nitrogens is 2. The van der Waals surface area contributed by atoms with Gasteiger partial charge >= 0.3 is 0 Å². The molecule has 0 spiro atoms. The lowest BCUT2D eigenvalue weighted by Gasteiger charge is -2.21.